The molecular weight excluding hydrogens is 529 g/mol. The first-order valence-corrected chi connectivity index (χ1v) is 15.7. The molecule has 1 aromatic heterocycles. The summed E-state index contributed by atoms with van der Waals surface area (Å²) in [5.74, 6) is 0. The predicted octanol–water partition coefficient (Wildman–Crippen LogP) is 11.1. The van der Waals surface area contributed by atoms with E-state index in [0.29, 0.717) is 0 Å². The minimum atomic E-state index is 0.967. The van der Waals surface area contributed by atoms with Crippen molar-refractivity contribution in [3.8, 4) is 6.07 Å². The summed E-state index contributed by atoms with van der Waals surface area (Å²) in [6.45, 7) is 18.0. The summed E-state index contributed by atoms with van der Waals surface area (Å²) >= 11 is 1.82. The standard InChI is InChI=1S/C17H19N.C12H18.C10H11NS/c1-14(2)18(3)17-11-9-16(10-12-17)13-15-7-5-4-6-8-15;1-5-8-9-11(4)10-12(6-2)7-3;1-7-9(6-11)8-4-2-3-5-10(8)12-7/h4-12H,1,13H2,2-3H3;5-6,8-10H,2,7H2,1,3-4H3;2-5H2,1H3/b;8-5-,11-9+,12-10-;. The van der Waals surface area contributed by atoms with E-state index in [1.54, 1.807) is 0 Å². The molecule has 0 atom stereocenters. The molecule has 0 amide bonds. The molecule has 0 N–H and O–H groups in total. The van der Waals surface area contributed by atoms with Gasteiger partial charge < -0.3 is 4.90 Å². The Kier molecular flexibility index (Phi) is 15.2. The van der Waals surface area contributed by atoms with E-state index in [1.165, 1.54) is 62.5 Å². The molecule has 0 saturated heterocycles. The molecule has 2 aromatic carbocycles. The summed E-state index contributed by atoms with van der Waals surface area (Å²) in [6, 6.07) is 21.5. The Morgan fingerprint density at radius 1 is 1.02 bits per heavy atom. The number of benzene rings is 2. The maximum Gasteiger partial charge on any atom is 0.101 e. The first kappa shape index (κ1) is 34.3. The van der Waals surface area contributed by atoms with Crippen LogP contribution in [0.2, 0.25) is 0 Å². The zero-order valence-corrected chi connectivity index (χ0v) is 27.4. The molecule has 2 nitrogen and oxygen atoms in total. The number of hydrogen-bond donors (Lipinski definition) is 0. The topological polar surface area (TPSA) is 27.0 Å². The van der Waals surface area contributed by atoms with Gasteiger partial charge in [0.2, 0.25) is 0 Å². The van der Waals surface area contributed by atoms with Gasteiger partial charge in [-0.25, -0.2) is 0 Å². The van der Waals surface area contributed by atoms with E-state index in [2.05, 4.69) is 112 Å². The molecule has 0 radical (unpaired) electrons. The van der Waals surface area contributed by atoms with Crippen LogP contribution < -0.4 is 4.90 Å². The summed E-state index contributed by atoms with van der Waals surface area (Å²) in [5.41, 5.74) is 9.78. The van der Waals surface area contributed by atoms with E-state index in [1.807, 2.05) is 50.5 Å². The monoisotopic (exact) mass is 576 g/mol. The molecule has 220 valence electrons. The molecule has 0 bridgehead atoms. The molecule has 0 unspecified atom stereocenters. The number of allylic oxidation sites excluding steroid dienone is 8. The second-order valence-electron chi connectivity index (χ2n) is 10.6. The lowest BCUT2D eigenvalue weighted by Crippen LogP contribution is -2.12. The molecule has 3 aromatic rings. The number of nitriles is 1. The van der Waals surface area contributed by atoms with E-state index in [0.717, 1.165) is 30.5 Å². The number of nitrogens with zero attached hydrogens (tertiary/aromatic N) is 2. The number of anilines is 1. The van der Waals surface area contributed by atoms with Crippen molar-refractivity contribution < 1.29 is 0 Å². The second kappa shape index (κ2) is 18.5. The zero-order valence-electron chi connectivity index (χ0n) is 26.5. The molecule has 1 aliphatic carbocycles. The number of thiophene rings is 1. The molecule has 42 heavy (non-hydrogen) atoms. The van der Waals surface area contributed by atoms with Gasteiger partial charge >= 0.3 is 0 Å². The third kappa shape index (κ3) is 11.2. The number of hydrogen-bond acceptors (Lipinski definition) is 3. The van der Waals surface area contributed by atoms with E-state index >= 15 is 0 Å². The fourth-order valence-corrected chi connectivity index (χ4v) is 5.85. The van der Waals surface area contributed by atoms with Gasteiger partial charge in [0.05, 0.1) is 5.56 Å². The van der Waals surface area contributed by atoms with Gasteiger partial charge in [-0.3, -0.25) is 0 Å². The highest BCUT2D eigenvalue weighted by molar-refractivity contribution is 7.12. The van der Waals surface area contributed by atoms with Crippen molar-refractivity contribution >= 4 is 17.0 Å². The smallest absolute Gasteiger partial charge is 0.101 e. The molecule has 4 rings (SSSR count). The van der Waals surface area contributed by atoms with Crippen molar-refractivity contribution in [2.24, 2.45) is 0 Å². The fraction of sp³-hybridized carbons (Fsp3) is 0.308. The van der Waals surface area contributed by atoms with Gasteiger partial charge in [0.1, 0.15) is 6.07 Å². The summed E-state index contributed by atoms with van der Waals surface area (Å²) in [6.07, 6.45) is 17.2. The molecular formula is C39H48N2S. The van der Waals surface area contributed by atoms with Crippen molar-refractivity contribution in [2.75, 3.05) is 11.9 Å². The van der Waals surface area contributed by atoms with Gasteiger partial charge in [-0.15, -0.1) is 11.3 Å². The lowest BCUT2D eigenvalue weighted by molar-refractivity contribution is 0.696. The molecule has 1 heterocycles. The molecule has 0 spiro atoms. The van der Waals surface area contributed by atoms with E-state index in [4.69, 9.17) is 5.26 Å². The number of fused-ring (bicyclic) bond motifs is 1. The van der Waals surface area contributed by atoms with Gasteiger partial charge in [0, 0.05) is 28.2 Å². The van der Waals surface area contributed by atoms with Gasteiger partial charge in [-0.1, -0.05) is 98.5 Å². The van der Waals surface area contributed by atoms with Crippen LogP contribution in [0.1, 0.15) is 79.0 Å². The van der Waals surface area contributed by atoms with Crippen LogP contribution in [-0.2, 0) is 19.3 Å². The summed E-state index contributed by atoms with van der Waals surface area (Å²) < 4.78 is 0. The van der Waals surface area contributed by atoms with Crippen LogP contribution in [0.25, 0.3) is 0 Å². The van der Waals surface area contributed by atoms with Gasteiger partial charge in [-0.05, 0) is 101 Å². The summed E-state index contributed by atoms with van der Waals surface area (Å²) in [5, 5.41) is 8.92. The Morgan fingerprint density at radius 3 is 2.24 bits per heavy atom. The van der Waals surface area contributed by atoms with Crippen molar-refractivity contribution in [1.29, 1.82) is 5.26 Å². The number of aryl methyl sites for hydroxylation is 2. The van der Waals surface area contributed by atoms with Crippen LogP contribution in [0.15, 0.2) is 115 Å². The highest BCUT2D eigenvalue weighted by Gasteiger charge is 2.17. The molecule has 1 aliphatic rings. The molecule has 0 saturated carbocycles. The third-order valence-electron chi connectivity index (χ3n) is 7.24. The van der Waals surface area contributed by atoms with Crippen molar-refractivity contribution in [3.63, 3.8) is 0 Å². The Morgan fingerprint density at radius 2 is 1.67 bits per heavy atom. The largest absolute Gasteiger partial charge is 0.349 e. The maximum atomic E-state index is 8.92. The summed E-state index contributed by atoms with van der Waals surface area (Å²) in [7, 11) is 2.04. The van der Waals surface area contributed by atoms with Crippen LogP contribution >= 0.6 is 11.3 Å². The Bertz CT molecular complexity index is 1410. The van der Waals surface area contributed by atoms with Crippen molar-refractivity contribution in [3.05, 3.63) is 147 Å². The minimum absolute atomic E-state index is 0.967. The first-order valence-electron chi connectivity index (χ1n) is 14.9. The minimum Gasteiger partial charge on any atom is -0.349 e. The lowest BCUT2D eigenvalue weighted by atomic mass is 9.95. The average Bonchev–Trinajstić information content (AvgIpc) is 3.34. The average molecular weight is 577 g/mol. The number of rotatable bonds is 8. The normalized spacial score (nSPS) is 12.7. The molecule has 3 heteroatoms. The Labute approximate surface area is 259 Å². The van der Waals surface area contributed by atoms with Crippen LogP contribution in [0.3, 0.4) is 0 Å². The van der Waals surface area contributed by atoms with E-state index in [-0.39, 0.29) is 0 Å². The van der Waals surface area contributed by atoms with Crippen LogP contribution in [-0.4, -0.2) is 7.05 Å². The van der Waals surface area contributed by atoms with E-state index in [9.17, 15) is 0 Å². The van der Waals surface area contributed by atoms with Crippen molar-refractivity contribution in [1.82, 2.24) is 0 Å². The predicted molar refractivity (Wildman–Crippen MR) is 186 cm³/mol. The lowest BCUT2D eigenvalue weighted by Gasteiger charge is -2.19. The Balaban J connectivity index is 0.000000228. The second-order valence-corrected chi connectivity index (χ2v) is 11.9. The highest BCUT2D eigenvalue weighted by atomic mass is 32.1. The molecule has 0 aliphatic heterocycles. The van der Waals surface area contributed by atoms with Crippen LogP contribution in [0.4, 0.5) is 5.69 Å². The zero-order chi connectivity index (χ0) is 30.9. The maximum absolute atomic E-state index is 8.92. The van der Waals surface area contributed by atoms with Crippen molar-refractivity contribution in [2.45, 2.75) is 73.1 Å². The van der Waals surface area contributed by atoms with Gasteiger partial charge in [0.25, 0.3) is 0 Å². The van der Waals surface area contributed by atoms with Gasteiger partial charge in [0.15, 0.2) is 0 Å². The third-order valence-corrected chi connectivity index (χ3v) is 8.45. The quantitative estimate of drug-likeness (QED) is 0.249. The fourth-order valence-electron chi connectivity index (χ4n) is 4.63. The van der Waals surface area contributed by atoms with Crippen LogP contribution in [0, 0.1) is 18.3 Å². The Hall–Kier alpha value is -3.87. The van der Waals surface area contributed by atoms with E-state index < -0.39 is 0 Å². The van der Waals surface area contributed by atoms with Gasteiger partial charge in [-0.2, -0.15) is 5.26 Å². The van der Waals surface area contributed by atoms with Crippen LogP contribution in [0.5, 0.6) is 0 Å². The highest BCUT2D eigenvalue weighted by Crippen LogP contribution is 2.33. The summed E-state index contributed by atoms with van der Waals surface area (Å²) in [4.78, 5) is 4.77. The SMILES string of the molecule is C=C(C)N(C)c1ccc(Cc2ccccc2)cc1.C=C/C(=C/C(C)=C/C=C\C)CC.Cc1sc2c(c1C#N)CCCC2. The molecule has 0 fully saturated rings. The first-order chi connectivity index (χ1) is 20.2.